The zero-order valence-electron chi connectivity index (χ0n) is 15.2. The molecule has 6 heteroatoms. The molecule has 0 radical (unpaired) electrons. The molecule has 1 atom stereocenters. The number of nitrogens with zero attached hydrogens (tertiary/aromatic N) is 1. The summed E-state index contributed by atoms with van der Waals surface area (Å²) in [5.41, 5.74) is 1.37. The largest absolute Gasteiger partial charge is 0.354 e. The Morgan fingerprint density at radius 1 is 1.25 bits per heavy atom. The number of para-hydroxylation sites is 1. The van der Waals surface area contributed by atoms with Crippen molar-refractivity contribution in [1.82, 2.24) is 5.32 Å². The molecule has 136 valence electrons. The van der Waals surface area contributed by atoms with Gasteiger partial charge >= 0.3 is 0 Å². The minimum Gasteiger partial charge on any atom is -0.354 e. The van der Waals surface area contributed by atoms with E-state index in [0.717, 1.165) is 37.5 Å². The number of carbonyl (C=O) groups excluding carboxylic acids is 1. The number of amides is 1. The van der Waals surface area contributed by atoms with Crippen LogP contribution < -0.4 is 9.62 Å². The van der Waals surface area contributed by atoms with Crippen LogP contribution in [-0.4, -0.2) is 33.7 Å². The van der Waals surface area contributed by atoms with Crippen LogP contribution in [0, 0.1) is 12.8 Å². The molecule has 0 bridgehead atoms. The molecule has 5 nitrogen and oxygen atoms in total. The van der Waals surface area contributed by atoms with Gasteiger partial charge in [-0.3, -0.25) is 9.10 Å². The monoisotopic (exact) mass is 354 g/mol. The van der Waals surface area contributed by atoms with Crippen molar-refractivity contribution in [2.75, 3.05) is 23.7 Å². The van der Waals surface area contributed by atoms with Gasteiger partial charge < -0.3 is 5.32 Å². The van der Waals surface area contributed by atoms with Gasteiger partial charge in [-0.25, -0.2) is 8.42 Å². The first-order valence-electron chi connectivity index (χ1n) is 8.59. The van der Waals surface area contributed by atoms with Crippen molar-refractivity contribution >= 4 is 21.6 Å². The number of anilines is 1. The number of sulfonamides is 1. The third kappa shape index (κ3) is 6.51. The lowest BCUT2D eigenvalue weighted by Crippen LogP contribution is -2.42. The first-order chi connectivity index (χ1) is 11.3. The van der Waals surface area contributed by atoms with E-state index < -0.39 is 10.0 Å². The molecule has 0 fully saturated rings. The zero-order chi connectivity index (χ0) is 18.2. The smallest absolute Gasteiger partial charge is 0.240 e. The maximum absolute atomic E-state index is 12.3. The Morgan fingerprint density at radius 2 is 1.92 bits per heavy atom. The molecule has 1 amide bonds. The van der Waals surface area contributed by atoms with Crippen LogP contribution in [0.25, 0.3) is 0 Å². The van der Waals surface area contributed by atoms with Crippen molar-refractivity contribution in [1.29, 1.82) is 0 Å². The minimum atomic E-state index is -3.52. The molecule has 1 N–H and O–H groups in total. The van der Waals surface area contributed by atoms with Crippen LogP contribution in [0.5, 0.6) is 0 Å². The Hall–Kier alpha value is -1.56. The van der Waals surface area contributed by atoms with Gasteiger partial charge in [0, 0.05) is 6.54 Å². The third-order valence-corrected chi connectivity index (χ3v) is 5.33. The van der Waals surface area contributed by atoms with E-state index in [4.69, 9.17) is 0 Å². The van der Waals surface area contributed by atoms with Crippen LogP contribution in [0.1, 0.15) is 45.1 Å². The highest BCUT2D eigenvalue weighted by Gasteiger charge is 2.22. The number of benzene rings is 1. The maximum atomic E-state index is 12.3. The van der Waals surface area contributed by atoms with Crippen molar-refractivity contribution < 1.29 is 13.2 Å². The normalized spacial score (nSPS) is 12.7. The van der Waals surface area contributed by atoms with Gasteiger partial charge in [-0.05, 0) is 30.9 Å². The van der Waals surface area contributed by atoms with E-state index in [9.17, 15) is 13.2 Å². The highest BCUT2D eigenvalue weighted by Crippen LogP contribution is 2.21. The summed E-state index contributed by atoms with van der Waals surface area (Å²) >= 11 is 0. The Labute approximate surface area is 146 Å². The van der Waals surface area contributed by atoms with E-state index in [1.165, 1.54) is 4.31 Å². The number of unbranched alkanes of at least 4 members (excludes halogenated alkanes) is 1. The second-order valence-corrected chi connectivity index (χ2v) is 8.18. The van der Waals surface area contributed by atoms with Gasteiger partial charge in [-0.2, -0.15) is 0 Å². The molecule has 0 aliphatic carbocycles. The highest BCUT2D eigenvalue weighted by molar-refractivity contribution is 7.92. The van der Waals surface area contributed by atoms with Crippen molar-refractivity contribution in [2.45, 2.75) is 46.5 Å². The lowest BCUT2D eigenvalue weighted by atomic mass is 9.99. The Morgan fingerprint density at radius 3 is 2.46 bits per heavy atom. The third-order valence-electron chi connectivity index (χ3n) is 4.20. The molecule has 0 heterocycles. The number of nitrogens with one attached hydrogen (secondary N) is 1. The van der Waals surface area contributed by atoms with Gasteiger partial charge in [-0.1, -0.05) is 51.3 Å². The SMILES string of the molecule is CCCC[C@H](CC)CNC(=O)CN(c1ccccc1C)S(C)(=O)=O. The zero-order valence-corrected chi connectivity index (χ0v) is 16.0. The summed E-state index contributed by atoms with van der Waals surface area (Å²) in [4.78, 5) is 12.3. The molecule has 1 aromatic rings. The van der Waals surface area contributed by atoms with Gasteiger partial charge in [-0.15, -0.1) is 0 Å². The molecule has 0 saturated heterocycles. The number of carbonyl (C=O) groups is 1. The van der Waals surface area contributed by atoms with E-state index in [1.54, 1.807) is 12.1 Å². The summed E-state index contributed by atoms with van der Waals surface area (Å²) in [7, 11) is -3.52. The quantitative estimate of drug-likeness (QED) is 0.702. The Balaban J connectivity index is 2.75. The summed E-state index contributed by atoms with van der Waals surface area (Å²) in [6.45, 7) is 6.51. The topological polar surface area (TPSA) is 66.5 Å². The number of rotatable bonds is 10. The van der Waals surface area contributed by atoms with Crippen LogP contribution in [0.3, 0.4) is 0 Å². The minimum absolute atomic E-state index is 0.187. The fourth-order valence-electron chi connectivity index (χ4n) is 2.61. The fourth-order valence-corrected chi connectivity index (χ4v) is 3.53. The molecule has 0 saturated carbocycles. The van der Waals surface area contributed by atoms with Gasteiger partial charge in [0.05, 0.1) is 11.9 Å². The van der Waals surface area contributed by atoms with Gasteiger partial charge in [0.1, 0.15) is 6.54 Å². The van der Waals surface area contributed by atoms with Gasteiger partial charge in [0.2, 0.25) is 15.9 Å². The maximum Gasteiger partial charge on any atom is 0.240 e. The van der Waals surface area contributed by atoms with Gasteiger partial charge in [0.15, 0.2) is 0 Å². The van der Waals surface area contributed by atoms with E-state index in [1.807, 2.05) is 19.1 Å². The summed E-state index contributed by atoms with van der Waals surface area (Å²) in [6.07, 6.45) is 5.50. The molecule has 0 spiro atoms. The second-order valence-electron chi connectivity index (χ2n) is 6.28. The lowest BCUT2D eigenvalue weighted by molar-refractivity contribution is -0.119. The number of aryl methyl sites for hydroxylation is 1. The summed E-state index contributed by atoms with van der Waals surface area (Å²) in [5, 5.41) is 2.89. The standard InChI is InChI=1S/C18H30N2O3S/c1-5-7-11-16(6-2)13-19-18(21)14-20(24(4,22)23)17-12-9-8-10-15(17)3/h8-10,12,16H,5-7,11,13-14H2,1-4H3,(H,19,21)/t16-/m0/s1. The van der Waals surface area contributed by atoms with E-state index in [2.05, 4.69) is 19.2 Å². The van der Waals surface area contributed by atoms with Crippen molar-refractivity contribution in [3.8, 4) is 0 Å². The highest BCUT2D eigenvalue weighted by atomic mass is 32.2. The van der Waals surface area contributed by atoms with E-state index in [-0.39, 0.29) is 12.5 Å². The van der Waals surface area contributed by atoms with Crippen LogP contribution in [-0.2, 0) is 14.8 Å². The first kappa shape index (κ1) is 20.5. The second kappa shape index (κ2) is 9.67. The van der Waals surface area contributed by atoms with Crippen molar-refractivity contribution in [2.24, 2.45) is 5.92 Å². The first-order valence-corrected chi connectivity index (χ1v) is 10.4. The number of hydrogen-bond acceptors (Lipinski definition) is 3. The van der Waals surface area contributed by atoms with Crippen LogP contribution in [0.4, 0.5) is 5.69 Å². The average molecular weight is 355 g/mol. The van der Waals surface area contributed by atoms with Gasteiger partial charge in [0.25, 0.3) is 0 Å². The predicted octanol–water partition coefficient (Wildman–Crippen LogP) is 3.09. The average Bonchev–Trinajstić information content (AvgIpc) is 2.52. The van der Waals surface area contributed by atoms with E-state index in [0.29, 0.717) is 18.2 Å². The molecule has 24 heavy (non-hydrogen) atoms. The molecule has 0 aliphatic heterocycles. The molecular weight excluding hydrogens is 324 g/mol. The molecule has 0 unspecified atom stereocenters. The molecular formula is C18H30N2O3S. The van der Waals surface area contributed by atoms with Crippen LogP contribution in [0.15, 0.2) is 24.3 Å². The predicted molar refractivity (Wildman–Crippen MR) is 99.7 cm³/mol. The molecule has 1 aromatic carbocycles. The van der Waals surface area contributed by atoms with Crippen molar-refractivity contribution in [3.05, 3.63) is 29.8 Å². The molecule has 1 rings (SSSR count). The Kier molecular flexibility index (Phi) is 8.25. The van der Waals surface area contributed by atoms with Crippen LogP contribution >= 0.6 is 0 Å². The van der Waals surface area contributed by atoms with Crippen molar-refractivity contribution in [3.63, 3.8) is 0 Å². The van der Waals surface area contributed by atoms with E-state index >= 15 is 0 Å². The summed E-state index contributed by atoms with van der Waals surface area (Å²) in [6, 6.07) is 7.18. The summed E-state index contributed by atoms with van der Waals surface area (Å²) < 4.78 is 25.4. The Bertz CT molecular complexity index is 629. The molecule has 0 aliphatic rings. The van der Waals surface area contributed by atoms with Crippen LogP contribution in [0.2, 0.25) is 0 Å². The summed E-state index contributed by atoms with van der Waals surface area (Å²) in [5.74, 6) is 0.178. The number of hydrogen-bond donors (Lipinski definition) is 1. The lowest BCUT2D eigenvalue weighted by Gasteiger charge is -2.24. The fraction of sp³-hybridized carbons (Fsp3) is 0.611. The molecule has 0 aromatic heterocycles.